The highest BCUT2D eigenvalue weighted by Crippen LogP contribution is 2.45. The summed E-state index contributed by atoms with van der Waals surface area (Å²) in [6, 6.07) is 1.42. The van der Waals surface area contributed by atoms with Crippen LogP contribution >= 0.6 is 0 Å². The summed E-state index contributed by atoms with van der Waals surface area (Å²) in [7, 11) is 0. The maximum Gasteiger partial charge on any atom is 0.508 e. The van der Waals surface area contributed by atoms with Gasteiger partial charge in [-0.25, -0.2) is 9.59 Å². The normalized spacial score (nSPS) is 31.2. The van der Waals surface area contributed by atoms with Gasteiger partial charge in [0.15, 0.2) is 17.8 Å². The van der Waals surface area contributed by atoms with Crippen LogP contribution in [0, 0.1) is 5.41 Å². The zero-order chi connectivity index (χ0) is 20.8. The first-order valence-electron chi connectivity index (χ1n) is 9.50. The smallest absolute Gasteiger partial charge is 0.434 e. The molecule has 160 valence electrons. The Morgan fingerprint density at radius 1 is 1.31 bits per heavy atom. The molecule has 1 unspecified atom stereocenters. The van der Waals surface area contributed by atoms with Gasteiger partial charge in [0, 0.05) is 11.6 Å². The largest absolute Gasteiger partial charge is 0.508 e. The average Bonchev–Trinajstić information content (AvgIpc) is 3.21. The van der Waals surface area contributed by atoms with Gasteiger partial charge in [0.1, 0.15) is 31.5 Å². The number of rotatable bonds is 6. The summed E-state index contributed by atoms with van der Waals surface area (Å²) in [5.74, 6) is -0.878. The number of hydrogen-bond acceptors (Lipinski definition) is 10. The van der Waals surface area contributed by atoms with E-state index in [-0.39, 0.29) is 17.8 Å². The Morgan fingerprint density at radius 3 is 2.69 bits per heavy atom. The second kappa shape index (κ2) is 7.24. The zero-order valence-corrected chi connectivity index (χ0v) is 16.5. The summed E-state index contributed by atoms with van der Waals surface area (Å²) in [6.45, 7) is 5.77. The molecule has 1 aromatic heterocycles. The van der Waals surface area contributed by atoms with Gasteiger partial charge in [-0.2, -0.15) is 4.98 Å². The molecule has 1 saturated carbocycles. The van der Waals surface area contributed by atoms with Crippen LogP contribution < -0.4 is 11.2 Å². The van der Waals surface area contributed by atoms with Crippen molar-refractivity contribution >= 4 is 12.0 Å². The minimum Gasteiger partial charge on any atom is -0.434 e. The number of anilines is 1. The first-order chi connectivity index (χ1) is 13.7. The van der Waals surface area contributed by atoms with E-state index in [4.69, 9.17) is 28.9 Å². The lowest BCUT2D eigenvalue weighted by molar-refractivity contribution is -0.201. The van der Waals surface area contributed by atoms with Gasteiger partial charge < -0.3 is 23.7 Å². The maximum atomic E-state index is 12.3. The van der Waals surface area contributed by atoms with Crippen LogP contribution in [0.4, 0.5) is 10.6 Å². The topological polar surface area (TPSA) is 130 Å². The van der Waals surface area contributed by atoms with E-state index in [2.05, 4.69) is 4.98 Å². The summed E-state index contributed by atoms with van der Waals surface area (Å²) in [4.78, 5) is 27.9. The molecule has 11 heteroatoms. The van der Waals surface area contributed by atoms with E-state index in [1.54, 1.807) is 13.8 Å². The fraction of sp³-hybridized carbons (Fsp3) is 0.722. The van der Waals surface area contributed by atoms with Crippen molar-refractivity contribution < 1.29 is 33.7 Å². The number of carbonyl (C=O) groups is 1. The Hall–Kier alpha value is -2.21. The fourth-order valence-electron chi connectivity index (χ4n) is 3.47. The molecule has 3 aliphatic rings. The first kappa shape index (κ1) is 20.1. The van der Waals surface area contributed by atoms with E-state index < -0.39 is 42.2 Å². The molecule has 1 aliphatic carbocycles. The third-order valence-corrected chi connectivity index (χ3v) is 5.35. The van der Waals surface area contributed by atoms with E-state index >= 15 is 0 Å². The third kappa shape index (κ3) is 4.22. The number of hydrogen-bond donors (Lipinski definition) is 2. The summed E-state index contributed by atoms with van der Waals surface area (Å²) in [5.41, 5.74) is 1.25. The minimum absolute atomic E-state index is 0.0108. The zero-order valence-electron chi connectivity index (χ0n) is 16.5. The Morgan fingerprint density at radius 2 is 2.03 bits per heavy atom. The molecule has 0 amide bonds. The lowest BCUT2D eigenvalue weighted by atomic mass is 10.1. The molecule has 0 radical (unpaired) electrons. The van der Waals surface area contributed by atoms with Crippen LogP contribution in [-0.2, 0) is 23.7 Å². The van der Waals surface area contributed by atoms with Crippen molar-refractivity contribution in [1.29, 1.82) is 0 Å². The quantitative estimate of drug-likeness (QED) is 0.523. The molecule has 2 N–H and O–H groups in total. The van der Waals surface area contributed by atoms with E-state index in [0.29, 0.717) is 6.61 Å². The third-order valence-electron chi connectivity index (χ3n) is 5.35. The van der Waals surface area contributed by atoms with E-state index in [9.17, 15) is 9.59 Å². The van der Waals surface area contributed by atoms with Crippen molar-refractivity contribution in [2.75, 3.05) is 18.7 Å². The predicted octanol–water partition coefficient (Wildman–Crippen LogP) is 1.42. The van der Waals surface area contributed by atoms with Gasteiger partial charge >= 0.3 is 11.8 Å². The summed E-state index contributed by atoms with van der Waals surface area (Å²) in [6.07, 6.45) is 0.0904. The molecule has 2 aliphatic heterocycles. The van der Waals surface area contributed by atoms with Gasteiger partial charge in [0.05, 0.1) is 0 Å². The molecule has 0 spiro atoms. The van der Waals surface area contributed by atoms with Crippen LogP contribution in [-0.4, -0.2) is 58.2 Å². The highest BCUT2D eigenvalue weighted by molar-refractivity contribution is 5.59. The highest BCUT2D eigenvalue weighted by Gasteiger charge is 2.56. The van der Waals surface area contributed by atoms with Crippen LogP contribution in [0.15, 0.2) is 17.1 Å². The predicted molar refractivity (Wildman–Crippen MR) is 96.3 cm³/mol. The molecule has 2 saturated heterocycles. The molecular weight excluding hydrogens is 386 g/mol. The Labute approximate surface area is 166 Å². The van der Waals surface area contributed by atoms with E-state index in [0.717, 1.165) is 12.8 Å². The summed E-state index contributed by atoms with van der Waals surface area (Å²) in [5, 5.41) is 8.90. The minimum atomic E-state index is -0.889. The van der Waals surface area contributed by atoms with Crippen molar-refractivity contribution in [2.45, 2.75) is 63.9 Å². The SMILES string of the molecule is CC1(COC(=O)OCC2O[C@@H](n3ccc(NO)nc3=O)[C@@H]3OC(C)(C)O[C@H]23)CC1. The molecule has 0 bridgehead atoms. The maximum absolute atomic E-state index is 12.3. The number of carbonyl (C=O) groups excluding carboxylic acids is 1. The first-order valence-corrected chi connectivity index (χ1v) is 9.50. The van der Waals surface area contributed by atoms with Crippen LogP contribution in [0.2, 0.25) is 0 Å². The number of fused-ring (bicyclic) bond motifs is 1. The van der Waals surface area contributed by atoms with Crippen molar-refractivity contribution in [1.82, 2.24) is 9.55 Å². The van der Waals surface area contributed by atoms with Crippen molar-refractivity contribution in [3.8, 4) is 0 Å². The number of nitrogens with zero attached hydrogens (tertiary/aromatic N) is 2. The van der Waals surface area contributed by atoms with Crippen LogP contribution in [0.1, 0.15) is 39.8 Å². The summed E-state index contributed by atoms with van der Waals surface area (Å²) < 4.78 is 29.4. The molecular formula is C18H25N3O8. The van der Waals surface area contributed by atoms with Gasteiger partial charge in [-0.1, -0.05) is 6.92 Å². The van der Waals surface area contributed by atoms with Gasteiger partial charge in [0.2, 0.25) is 0 Å². The van der Waals surface area contributed by atoms with Gasteiger partial charge in [-0.05, 0) is 32.8 Å². The Balaban J connectivity index is 1.44. The number of nitrogens with one attached hydrogen (secondary N) is 1. The van der Waals surface area contributed by atoms with Gasteiger partial charge in [0.25, 0.3) is 0 Å². The number of aromatic nitrogens is 2. The molecule has 0 aromatic carbocycles. The molecule has 3 fully saturated rings. The van der Waals surface area contributed by atoms with Gasteiger partial charge in [-0.3, -0.25) is 15.3 Å². The molecule has 1 aromatic rings. The van der Waals surface area contributed by atoms with E-state index in [1.807, 2.05) is 12.4 Å². The van der Waals surface area contributed by atoms with Crippen LogP contribution in [0.25, 0.3) is 0 Å². The fourth-order valence-corrected chi connectivity index (χ4v) is 3.47. The lowest BCUT2D eigenvalue weighted by Crippen LogP contribution is -2.34. The van der Waals surface area contributed by atoms with Crippen LogP contribution in [0.5, 0.6) is 0 Å². The van der Waals surface area contributed by atoms with Crippen molar-refractivity contribution in [2.24, 2.45) is 5.41 Å². The molecule has 4 atom stereocenters. The van der Waals surface area contributed by atoms with Crippen LogP contribution in [0.3, 0.4) is 0 Å². The van der Waals surface area contributed by atoms with Crippen molar-refractivity contribution in [3.63, 3.8) is 0 Å². The lowest BCUT2D eigenvalue weighted by Gasteiger charge is -2.24. The Kier molecular flexibility index (Phi) is 5.01. The highest BCUT2D eigenvalue weighted by atomic mass is 16.8. The average molecular weight is 411 g/mol. The number of ether oxygens (including phenoxy) is 5. The molecule has 3 heterocycles. The standard InChI is InChI=1S/C18H25N3O8/c1-17(2)28-12-10(8-25-16(23)26-9-18(3)5-6-18)27-14(13(12)29-17)21-7-4-11(20-24)19-15(21)22/h4,7,10,12-14,24H,5-6,8-9H2,1-3H3,(H,19,20,22)/t10?,12-,13-,14-/m1/s1. The monoisotopic (exact) mass is 411 g/mol. The molecule has 11 nitrogen and oxygen atoms in total. The summed E-state index contributed by atoms with van der Waals surface area (Å²) >= 11 is 0. The van der Waals surface area contributed by atoms with E-state index in [1.165, 1.54) is 16.8 Å². The van der Waals surface area contributed by atoms with Gasteiger partial charge in [-0.15, -0.1) is 0 Å². The Bertz CT molecular complexity index is 837. The van der Waals surface area contributed by atoms with Crippen molar-refractivity contribution in [3.05, 3.63) is 22.7 Å². The second-order valence-corrected chi connectivity index (χ2v) is 8.40. The molecule has 4 rings (SSSR count). The second-order valence-electron chi connectivity index (χ2n) is 8.40. The molecule has 29 heavy (non-hydrogen) atoms.